The Morgan fingerprint density at radius 1 is 1.05 bits per heavy atom. The molecule has 0 aliphatic carbocycles. The van der Waals surface area contributed by atoms with E-state index in [1.807, 2.05) is 29.0 Å². The maximum atomic E-state index is 11.3. The molecule has 19 heavy (non-hydrogen) atoms. The zero-order valence-electron chi connectivity index (χ0n) is 10.1. The van der Waals surface area contributed by atoms with E-state index in [0.717, 1.165) is 5.69 Å². The summed E-state index contributed by atoms with van der Waals surface area (Å²) < 4.78 is 7.06. The summed E-state index contributed by atoms with van der Waals surface area (Å²) in [6.45, 7) is 0. The highest BCUT2D eigenvalue weighted by atomic mass is 16.5. The smallest absolute Gasteiger partial charge is 0.314 e. The van der Waals surface area contributed by atoms with Gasteiger partial charge in [-0.05, 0) is 24.3 Å². The molecule has 0 bridgehead atoms. The van der Waals surface area contributed by atoms with E-state index in [9.17, 15) is 9.59 Å². The average Bonchev–Trinajstić information content (AvgIpc) is 2.88. The van der Waals surface area contributed by atoms with Gasteiger partial charge in [0.2, 0.25) is 0 Å². The highest BCUT2D eigenvalue weighted by molar-refractivity contribution is 5.76. The number of methoxy groups -OCH3 is 1. The van der Waals surface area contributed by atoms with Gasteiger partial charge in [-0.2, -0.15) is 0 Å². The van der Waals surface area contributed by atoms with Gasteiger partial charge in [-0.15, -0.1) is 0 Å². The van der Waals surface area contributed by atoms with Crippen LogP contribution in [0, 0.1) is 0 Å². The van der Waals surface area contributed by atoms with Crippen molar-refractivity contribution >= 4 is 11.0 Å². The minimum atomic E-state index is -0.663. The minimum Gasteiger partial charge on any atom is -0.482 e. The van der Waals surface area contributed by atoms with Gasteiger partial charge in [0.05, 0.1) is 23.8 Å². The molecule has 0 aliphatic rings. The van der Waals surface area contributed by atoms with E-state index in [1.54, 1.807) is 19.2 Å². The molecule has 96 valence electrons. The Hall–Kier alpha value is -2.76. The molecular weight excluding hydrogens is 246 g/mol. The molecule has 0 saturated carbocycles. The van der Waals surface area contributed by atoms with Crippen molar-refractivity contribution < 1.29 is 4.74 Å². The molecule has 0 atom stereocenters. The van der Waals surface area contributed by atoms with E-state index in [1.165, 1.54) is 0 Å². The van der Waals surface area contributed by atoms with Crippen molar-refractivity contribution in [2.45, 2.75) is 0 Å². The summed E-state index contributed by atoms with van der Waals surface area (Å²) in [7, 11) is 1.59. The first kappa shape index (κ1) is 11.3. The second kappa shape index (κ2) is 4.16. The van der Waals surface area contributed by atoms with Crippen LogP contribution in [0.1, 0.15) is 0 Å². The first-order chi connectivity index (χ1) is 9.19. The third kappa shape index (κ3) is 1.83. The van der Waals surface area contributed by atoms with E-state index in [4.69, 9.17) is 4.74 Å². The normalized spacial score (nSPS) is 10.8. The zero-order chi connectivity index (χ0) is 13.4. The van der Waals surface area contributed by atoms with Crippen LogP contribution in [0.15, 0.2) is 46.1 Å². The van der Waals surface area contributed by atoms with Crippen LogP contribution in [0.5, 0.6) is 5.88 Å². The number of H-pyrrole nitrogens is 2. The number of benzene rings is 1. The van der Waals surface area contributed by atoms with Crippen LogP contribution in [-0.2, 0) is 0 Å². The molecular formula is C13H11N3O3. The first-order valence-corrected chi connectivity index (χ1v) is 5.67. The van der Waals surface area contributed by atoms with E-state index in [2.05, 4.69) is 9.97 Å². The van der Waals surface area contributed by atoms with Gasteiger partial charge in [-0.1, -0.05) is 0 Å². The van der Waals surface area contributed by atoms with Crippen LogP contribution in [0.2, 0.25) is 0 Å². The second-order valence-electron chi connectivity index (χ2n) is 4.06. The summed E-state index contributed by atoms with van der Waals surface area (Å²) in [4.78, 5) is 27.6. The van der Waals surface area contributed by atoms with E-state index in [-0.39, 0.29) is 0 Å². The monoisotopic (exact) mass is 257 g/mol. The summed E-state index contributed by atoms with van der Waals surface area (Å²) >= 11 is 0. The molecule has 3 rings (SSSR count). The molecule has 0 radical (unpaired) electrons. The number of ether oxygens (including phenoxy) is 1. The molecule has 0 aliphatic heterocycles. The number of aromatic nitrogens is 3. The Balaban J connectivity index is 2.24. The van der Waals surface area contributed by atoms with Crippen molar-refractivity contribution in [2.24, 2.45) is 0 Å². The number of nitrogens with one attached hydrogen (secondary N) is 2. The third-order valence-electron chi connectivity index (χ3n) is 2.90. The lowest BCUT2D eigenvalue weighted by atomic mass is 10.2. The SMILES string of the molecule is COc1cccn1-c1ccc2[nH]c(=O)c(=O)[nH]c2c1. The topological polar surface area (TPSA) is 79.9 Å². The van der Waals surface area contributed by atoms with Gasteiger partial charge >= 0.3 is 11.1 Å². The van der Waals surface area contributed by atoms with Crippen molar-refractivity contribution in [2.75, 3.05) is 7.11 Å². The molecule has 0 saturated heterocycles. The van der Waals surface area contributed by atoms with E-state index in [0.29, 0.717) is 16.9 Å². The highest BCUT2D eigenvalue weighted by Gasteiger charge is 2.05. The standard InChI is InChI=1S/C13H11N3O3/c1-19-11-3-2-6-16(11)8-4-5-9-10(7-8)15-13(18)12(17)14-9/h2-7H,1H3,(H,14,17)(H,15,18). The fraction of sp³-hybridized carbons (Fsp3) is 0.0769. The molecule has 2 aromatic heterocycles. The Bertz CT molecular complexity index is 857. The number of hydrogen-bond donors (Lipinski definition) is 2. The lowest BCUT2D eigenvalue weighted by molar-refractivity contribution is 0.390. The minimum absolute atomic E-state index is 0.567. The van der Waals surface area contributed by atoms with Crippen LogP contribution in [0.3, 0.4) is 0 Å². The fourth-order valence-corrected chi connectivity index (χ4v) is 2.00. The first-order valence-electron chi connectivity index (χ1n) is 5.67. The number of fused-ring (bicyclic) bond motifs is 1. The number of nitrogens with zero attached hydrogens (tertiary/aromatic N) is 1. The Labute approximate surface area is 107 Å². The van der Waals surface area contributed by atoms with Crippen LogP contribution in [0.4, 0.5) is 0 Å². The van der Waals surface area contributed by atoms with Crippen molar-refractivity contribution in [1.29, 1.82) is 0 Å². The molecule has 1 aromatic carbocycles. The molecule has 0 spiro atoms. The lowest BCUT2D eigenvalue weighted by Crippen LogP contribution is -2.28. The molecule has 0 fully saturated rings. The van der Waals surface area contributed by atoms with Gasteiger partial charge in [-0.25, -0.2) is 0 Å². The Morgan fingerprint density at radius 3 is 2.53 bits per heavy atom. The molecule has 6 heteroatoms. The lowest BCUT2D eigenvalue weighted by Gasteiger charge is -2.08. The number of rotatable bonds is 2. The van der Waals surface area contributed by atoms with Gasteiger partial charge in [0.1, 0.15) is 0 Å². The summed E-state index contributed by atoms with van der Waals surface area (Å²) in [5.41, 5.74) is 0.664. The van der Waals surface area contributed by atoms with Crippen LogP contribution in [-0.4, -0.2) is 21.6 Å². The predicted molar refractivity (Wildman–Crippen MR) is 71.1 cm³/mol. The van der Waals surface area contributed by atoms with Gasteiger partial charge in [-0.3, -0.25) is 14.2 Å². The number of aromatic amines is 2. The third-order valence-corrected chi connectivity index (χ3v) is 2.90. The summed E-state index contributed by atoms with van der Waals surface area (Å²) in [6, 6.07) is 9.04. The molecule has 2 heterocycles. The Morgan fingerprint density at radius 2 is 1.79 bits per heavy atom. The van der Waals surface area contributed by atoms with Crippen molar-refractivity contribution in [3.05, 3.63) is 57.2 Å². The van der Waals surface area contributed by atoms with Crippen molar-refractivity contribution in [3.63, 3.8) is 0 Å². The van der Waals surface area contributed by atoms with Crippen LogP contribution < -0.4 is 15.9 Å². The number of hydrogen-bond acceptors (Lipinski definition) is 3. The fourth-order valence-electron chi connectivity index (χ4n) is 2.00. The second-order valence-corrected chi connectivity index (χ2v) is 4.06. The van der Waals surface area contributed by atoms with Crippen LogP contribution in [0.25, 0.3) is 16.7 Å². The maximum absolute atomic E-state index is 11.3. The van der Waals surface area contributed by atoms with Crippen molar-refractivity contribution in [3.8, 4) is 11.6 Å². The summed E-state index contributed by atoms with van der Waals surface area (Å²) in [5, 5.41) is 0. The molecule has 2 N–H and O–H groups in total. The average molecular weight is 257 g/mol. The molecule has 3 aromatic rings. The zero-order valence-corrected chi connectivity index (χ0v) is 10.1. The summed E-state index contributed by atoms with van der Waals surface area (Å²) in [6.07, 6.45) is 1.85. The van der Waals surface area contributed by atoms with E-state index < -0.39 is 11.1 Å². The summed E-state index contributed by atoms with van der Waals surface area (Å²) in [5.74, 6) is 0.686. The largest absolute Gasteiger partial charge is 0.482 e. The van der Waals surface area contributed by atoms with Gasteiger partial charge in [0, 0.05) is 12.3 Å². The quantitative estimate of drug-likeness (QED) is 0.672. The predicted octanol–water partition coefficient (Wildman–Crippen LogP) is 1.02. The molecule has 0 unspecified atom stereocenters. The molecule has 0 amide bonds. The van der Waals surface area contributed by atoms with Gasteiger partial charge in [0.25, 0.3) is 0 Å². The van der Waals surface area contributed by atoms with Gasteiger partial charge in [0.15, 0.2) is 5.88 Å². The maximum Gasteiger partial charge on any atom is 0.314 e. The van der Waals surface area contributed by atoms with Crippen molar-refractivity contribution in [1.82, 2.24) is 14.5 Å². The highest BCUT2D eigenvalue weighted by Crippen LogP contribution is 2.20. The molecule has 6 nitrogen and oxygen atoms in total. The van der Waals surface area contributed by atoms with Gasteiger partial charge < -0.3 is 14.7 Å². The Kier molecular flexibility index (Phi) is 2.49. The van der Waals surface area contributed by atoms with E-state index >= 15 is 0 Å². The van der Waals surface area contributed by atoms with Crippen LogP contribution >= 0.6 is 0 Å².